The number of hydrogen-bond donors (Lipinski definition) is 3. The summed E-state index contributed by atoms with van der Waals surface area (Å²) >= 11 is 0. The molecule has 3 aromatic rings. The molecule has 0 radical (unpaired) electrons. The van der Waals surface area contributed by atoms with Crippen LogP contribution in [0.2, 0.25) is 0 Å². The Morgan fingerprint density at radius 2 is 1.69 bits per heavy atom. The van der Waals surface area contributed by atoms with Crippen molar-refractivity contribution in [1.82, 2.24) is 10.6 Å². The molecule has 0 atom stereocenters. The topological polar surface area (TPSA) is 80.9 Å². The lowest BCUT2D eigenvalue weighted by Crippen LogP contribution is -2.36. The van der Waals surface area contributed by atoms with Gasteiger partial charge in [-0.2, -0.15) is 0 Å². The Morgan fingerprint density at radius 3 is 2.36 bits per heavy atom. The largest absolute Gasteiger partial charge is 0.497 e. The first kappa shape index (κ1) is 26.8. The molecule has 0 heterocycles. The highest BCUT2D eigenvalue weighted by molar-refractivity contribution is 5.75. The third-order valence-electron chi connectivity index (χ3n) is 5.21. The van der Waals surface area contributed by atoms with Crippen molar-refractivity contribution in [3.8, 4) is 22.6 Å². The molecule has 3 N–H and O–H groups in total. The number of halogens is 1. The normalized spacial score (nSPS) is 11.1. The second kappa shape index (κ2) is 12.3. The number of rotatable bonds is 10. The maximum absolute atomic E-state index is 15.3. The fourth-order valence-electron chi connectivity index (χ4n) is 3.53. The molecule has 8 heteroatoms. The number of benzene rings is 3. The van der Waals surface area contributed by atoms with Gasteiger partial charge in [-0.05, 0) is 68.3 Å². The lowest BCUT2D eigenvalue weighted by Gasteiger charge is -2.19. The Bertz CT molecular complexity index is 1160. The number of hydrogen-bond acceptors (Lipinski definition) is 6. The van der Waals surface area contributed by atoms with Gasteiger partial charge in [-0.1, -0.05) is 24.3 Å². The molecule has 0 spiro atoms. The van der Waals surface area contributed by atoms with E-state index >= 15 is 4.39 Å². The molecule has 192 valence electrons. The van der Waals surface area contributed by atoms with Crippen LogP contribution in [0.5, 0.6) is 11.5 Å². The summed E-state index contributed by atoms with van der Waals surface area (Å²) in [5.41, 5.74) is 3.03. The SMILES string of the molecule is COc1cccc(-c2ccc(Nc3ccc(CNCCNC(=O)OC(C)(C)C)cc3)c(OC)c2F)c1. The van der Waals surface area contributed by atoms with E-state index in [1.807, 2.05) is 63.2 Å². The molecule has 3 aromatic carbocycles. The third-order valence-corrected chi connectivity index (χ3v) is 5.21. The van der Waals surface area contributed by atoms with Crippen molar-refractivity contribution in [3.63, 3.8) is 0 Å². The molecular formula is C28H34FN3O4. The van der Waals surface area contributed by atoms with Crippen LogP contribution in [-0.4, -0.2) is 39.0 Å². The van der Waals surface area contributed by atoms with Crippen LogP contribution in [0.25, 0.3) is 11.1 Å². The molecular weight excluding hydrogens is 461 g/mol. The summed E-state index contributed by atoms with van der Waals surface area (Å²) < 4.78 is 31.2. The van der Waals surface area contributed by atoms with Gasteiger partial charge in [-0.15, -0.1) is 0 Å². The standard InChI is InChI=1S/C28H34FN3O4/c1-28(2,3)36-27(33)31-16-15-30-18-19-9-11-21(12-10-19)32-24-14-13-23(25(29)26(24)35-5)20-7-6-8-22(17-20)34-4/h6-14,17,30,32H,15-16,18H2,1-5H3,(H,31,33). The second-order valence-corrected chi connectivity index (χ2v) is 9.17. The fourth-order valence-corrected chi connectivity index (χ4v) is 3.53. The molecule has 0 saturated carbocycles. The van der Waals surface area contributed by atoms with Gasteiger partial charge in [0.15, 0.2) is 11.6 Å². The highest BCUT2D eigenvalue weighted by Crippen LogP contribution is 2.37. The van der Waals surface area contributed by atoms with Gasteiger partial charge in [0.05, 0.1) is 19.9 Å². The second-order valence-electron chi connectivity index (χ2n) is 9.17. The van der Waals surface area contributed by atoms with Gasteiger partial charge in [-0.25, -0.2) is 9.18 Å². The first-order valence-electron chi connectivity index (χ1n) is 11.7. The van der Waals surface area contributed by atoms with Gasteiger partial charge in [0, 0.05) is 30.9 Å². The zero-order chi connectivity index (χ0) is 26.1. The van der Waals surface area contributed by atoms with Crippen molar-refractivity contribution in [1.29, 1.82) is 0 Å². The van der Waals surface area contributed by atoms with Gasteiger partial charge < -0.3 is 30.2 Å². The molecule has 7 nitrogen and oxygen atoms in total. The zero-order valence-corrected chi connectivity index (χ0v) is 21.4. The minimum Gasteiger partial charge on any atom is -0.497 e. The highest BCUT2D eigenvalue weighted by atomic mass is 19.1. The van der Waals surface area contributed by atoms with E-state index in [9.17, 15) is 4.79 Å². The Labute approximate surface area is 212 Å². The minimum atomic E-state index is -0.513. The van der Waals surface area contributed by atoms with Crippen LogP contribution in [0.4, 0.5) is 20.6 Å². The van der Waals surface area contributed by atoms with E-state index in [4.69, 9.17) is 14.2 Å². The quantitative estimate of drug-likeness (QED) is 0.305. The van der Waals surface area contributed by atoms with E-state index in [2.05, 4.69) is 16.0 Å². The zero-order valence-electron chi connectivity index (χ0n) is 21.4. The monoisotopic (exact) mass is 495 g/mol. The summed E-state index contributed by atoms with van der Waals surface area (Å²) in [6.07, 6.45) is -0.428. The summed E-state index contributed by atoms with van der Waals surface area (Å²) in [6.45, 7) is 7.19. The fraction of sp³-hybridized carbons (Fsp3) is 0.321. The van der Waals surface area contributed by atoms with E-state index in [1.165, 1.54) is 7.11 Å². The summed E-state index contributed by atoms with van der Waals surface area (Å²) in [4.78, 5) is 11.7. The number of alkyl carbamates (subject to hydrolysis) is 1. The summed E-state index contributed by atoms with van der Waals surface area (Å²) in [5, 5.41) is 9.22. The average Bonchev–Trinajstić information content (AvgIpc) is 2.84. The van der Waals surface area contributed by atoms with Crippen LogP contribution >= 0.6 is 0 Å². The number of carbonyl (C=O) groups excluding carboxylic acids is 1. The maximum Gasteiger partial charge on any atom is 0.407 e. The molecule has 3 rings (SSSR count). The number of anilines is 2. The average molecular weight is 496 g/mol. The van der Waals surface area contributed by atoms with E-state index < -0.39 is 17.5 Å². The molecule has 0 aliphatic carbocycles. The molecule has 0 fully saturated rings. The predicted molar refractivity (Wildman–Crippen MR) is 141 cm³/mol. The van der Waals surface area contributed by atoms with Crippen LogP contribution in [0.3, 0.4) is 0 Å². The Balaban J connectivity index is 1.57. The van der Waals surface area contributed by atoms with E-state index in [0.29, 0.717) is 42.2 Å². The maximum atomic E-state index is 15.3. The van der Waals surface area contributed by atoms with Crippen LogP contribution in [0, 0.1) is 5.82 Å². The molecule has 0 unspecified atom stereocenters. The van der Waals surface area contributed by atoms with E-state index in [1.54, 1.807) is 25.3 Å². The van der Waals surface area contributed by atoms with Gasteiger partial charge in [0.1, 0.15) is 11.4 Å². The predicted octanol–water partition coefficient (Wildman–Crippen LogP) is 5.87. The summed E-state index contributed by atoms with van der Waals surface area (Å²) in [7, 11) is 3.03. The van der Waals surface area contributed by atoms with Gasteiger partial charge >= 0.3 is 6.09 Å². The summed E-state index contributed by atoms with van der Waals surface area (Å²) in [5.74, 6) is 0.345. The molecule has 0 aliphatic heterocycles. The minimum absolute atomic E-state index is 0.138. The van der Waals surface area contributed by atoms with Crippen LogP contribution in [0.15, 0.2) is 60.7 Å². The van der Waals surface area contributed by atoms with Crippen LogP contribution in [-0.2, 0) is 11.3 Å². The van der Waals surface area contributed by atoms with Crippen LogP contribution < -0.4 is 25.4 Å². The molecule has 1 amide bonds. The first-order valence-corrected chi connectivity index (χ1v) is 11.7. The van der Waals surface area contributed by atoms with E-state index in [0.717, 1.165) is 11.3 Å². The van der Waals surface area contributed by atoms with Crippen molar-refractivity contribution in [3.05, 3.63) is 72.0 Å². The molecule has 0 aliphatic rings. The lowest BCUT2D eigenvalue weighted by molar-refractivity contribution is 0.0528. The third kappa shape index (κ3) is 7.61. The lowest BCUT2D eigenvalue weighted by atomic mass is 10.0. The van der Waals surface area contributed by atoms with Crippen molar-refractivity contribution in [2.45, 2.75) is 32.9 Å². The molecule has 0 aromatic heterocycles. The molecule has 0 saturated heterocycles. The van der Waals surface area contributed by atoms with E-state index in [-0.39, 0.29) is 5.75 Å². The van der Waals surface area contributed by atoms with Crippen molar-refractivity contribution in [2.75, 3.05) is 32.6 Å². The number of ether oxygens (including phenoxy) is 3. The van der Waals surface area contributed by atoms with Gasteiger partial charge in [0.25, 0.3) is 0 Å². The van der Waals surface area contributed by atoms with Gasteiger partial charge in [-0.3, -0.25) is 0 Å². The Hall–Kier alpha value is -3.78. The smallest absolute Gasteiger partial charge is 0.407 e. The Kier molecular flexibility index (Phi) is 9.13. The number of nitrogens with one attached hydrogen (secondary N) is 3. The summed E-state index contributed by atoms with van der Waals surface area (Å²) in [6, 6.07) is 18.6. The first-order chi connectivity index (χ1) is 17.2. The van der Waals surface area contributed by atoms with Crippen molar-refractivity contribution in [2.24, 2.45) is 0 Å². The van der Waals surface area contributed by atoms with Crippen molar-refractivity contribution < 1.29 is 23.4 Å². The van der Waals surface area contributed by atoms with Crippen molar-refractivity contribution >= 4 is 17.5 Å². The highest BCUT2D eigenvalue weighted by Gasteiger charge is 2.17. The van der Waals surface area contributed by atoms with Crippen LogP contribution in [0.1, 0.15) is 26.3 Å². The molecule has 36 heavy (non-hydrogen) atoms. The van der Waals surface area contributed by atoms with Gasteiger partial charge in [0.2, 0.25) is 0 Å². The number of methoxy groups -OCH3 is 2. The number of carbonyl (C=O) groups is 1. The number of amides is 1. The Morgan fingerprint density at radius 1 is 0.944 bits per heavy atom. The molecule has 0 bridgehead atoms.